The third-order valence-electron chi connectivity index (χ3n) is 8.92. The minimum atomic E-state index is -0.193. The zero-order valence-corrected chi connectivity index (χ0v) is 18.9. The van der Waals surface area contributed by atoms with Gasteiger partial charge in [-0.2, -0.15) is 0 Å². The topological polar surface area (TPSA) is 38.8 Å². The van der Waals surface area contributed by atoms with Crippen LogP contribution in [0.5, 0.6) is 0 Å². The maximum Gasteiger partial charge on any atom is 0.411 e. The van der Waals surface area contributed by atoms with Crippen molar-refractivity contribution >= 4 is 6.09 Å². The van der Waals surface area contributed by atoms with Gasteiger partial charge < -0.3 is 9.47 Å². The normalized spacial score (nSPS) is 43.0. The van der Waals surface area contributed by atoms with E-state index in [-0.39, 0.29) is 18.2 Å². The van der Waals surface area contributed by atoms with E-state index in [1.54, 1.807) is 5.57 Å². The van der Waals surface area contributed by atoms with Crippen LogP contribution in [0.1, 0.15) is 64.4 Å². The third-order valence-corrected chi connectivity index (χ3v) is 8.92. The first-order valence-corrected chi connectivity index (χ1v) is 12.1. The Morgan fingerprint density at radius 3 is 2.48 bits per heavy atom. The molecule has 0 aromatic heterocycles. The number of carbonyl (C=O) groups is 1. The van der Waals surface area contributed by atoms with E-state index in [0.717, 1.165) is 17.9 Å². The van der Waals surface area contributed by atoms with Crippen LogP contribution in [-0.4, -0.2) is 36.3 Å². The Bertz CT molecular complexity index is 890. The number of carbonyl (C=O) groups excluding carboxylic acids is 1. The van der Waals surface area contributed by atoms with Gasteiger partial charge in [-0.25, -0.2) is 4.79 Å². The van der Waals surface area contributed by atoms with Crippen LogP contribution in [0, 0.1) is 22.2 Å². The highest BCUT2D eigenvalue weighted by molar-refractivity contribution is 5.69. The quantitative estimate of drug-likeness (QED) is 0.586. The van der Waals surface area contributed by atoms with Gasteiger partial charge in [-0.1, -0.05) is 55.8 Å². The van der Waals surface area contributed by atoms with Crippen LogP contribution in [0.25, 0.3) is 0 Å². The Kier molecular flexibility index (Phi) is 4.38. The lowest BCUT2D eigenvalue weighted by atomic mass is 9.39. The first-order chi connectivity index (χ1) is 14.9. The van der Waals surface area contributed by atoms with Gasteiger partial charge in [0.05, 0.1) is 25.3 Å². The highest BCUT2D eigenvalue weighted by atomic mass is 16.6. The van der Waals surface area contributed by atoms with Crippen molar-refractivity contribution in [1.82, 2.24) is 4.90 Å². The average molecular weight is 422 g/mol. The van der Waals surface area contributed by atoms with Crippen molar-refractivity contribution in [3.8, 4) is 0 Å². The Morgan fingerprint density at radius 2 is 1.81 bits per heavy atom. The zero-order valence-electron chi connectivity index (χ0n) is 18.9. The van der Waals surface area contributed by atoms with Crippen molar-refractivity contribution < 1.29 is 14.3 Å². The summed E-state index contributed by atoms with van der Waals surface area (Å²) in [5, 5.41) is 0. The summed E-state index contributed by atoms with van der Waals surface area (Å²) in [5.41, 5.74) is 4.04. The second kappa shape index (κ2) is 6.84. The molecular formula is C27H35NO3. The first kappa shape index (κ1) is 19.8. The predicted molar refractivity (Wildman–Crippen MR) is 119 cm³/mol. The fourth-order valence-corrected chi connectivity index (χ4v) is 8.87. The Balaban J connectivity index is 1.24. The van der Waals surface area contributed by atoms with Crippen LogP contribution in [-0.2, 0) is 16.1 Å². The molecule has 2 heterocycles. The lowest BCUT2D eigenvalue weighted by Crippen LogP contribution is -2.60. The fourth-order valence-electron chi connectivity index (χ4n) is 8.87. The molecule has 4 saturated carbocycles. The average Bonchev–Trinajstić information content (AvgIpc) is 2.69. The lowest BCUT2D eigenvalue weighted by molar-refractivity contribution is -0.133. The molecule has 4 nitrogen and oxygen atoms in total. The van der Waals surface area contributed by atoms with Gasteiger partial charge in [0.25, 0.3) is 0 Å². The van der Waals surface area contributed by atoms with E-state index >= 15 is 0 Å². The first-order valence-electron chi connectivity index (χ1n) is 12.1. The molecule has 1 aromatic carbocycles. The molecule has 4 atom stereocenters. The van der Waals surface area contributed by atoms with E-state index in [4.69, 9.17) is 9.47 Å². The zero-order chi connectivity index (χ0) is 21.3. The smallest absolute Gasteiger partial charge is 0.411 e. The van der Waals surface area contributed by atoms with Crippen LogP contribution in [0.15, 0.2) is 42.0 Å². The number of ether oxygens (including phenoxy) is 2. The SMILES string of the molecule is CC12CC3CC(C)(C1)CC(C1=CC4COCC(C1)N4C(=O)OCc1ccccc1)(C3)C2. The molecule has 4 unspecified atom stereocenters. The number of nitrogens with zero attached hydrogens (tertiary/aromatic N) is 1. The Labute approximate surface area is 186 Å². The highest BCUT2D eigenvalue weighted by Gasteiger charge is 2.61. The lowest BCUT2D eigenvalue weighted by Gasteiger charge is -2.67. The molecule has 7 rings (SSSR count). The molecule has 1 aromatic rings. The molecule has 1 saturated heterocycles. The Hall–Kier alpha value is -1.81. The fraction of sp³-hybridized carbons (Fsp3) is 0.667. The summed E-state index contributed by atoms with van der Waals surface area (Å²) in [6.07, 6.45) is 11.5. The summed E-state index contributed by atoms with van der Waals surface area (Å²) >= 11 is 0. The molecule has 5 fully saturated rings. The van der Waals surface area contributed by atoms with Crippen LogP contribution < -0.4 is 0 Å². The molecule has 0 N–H and O–H groups in total. The molecule has 2 aliphatic heterocycles. The van der Waals surface area contributed by atoms with E-state index in [9.17, 15) is 4.79 Å². The van der Waals surface area contributed by atoms with Crippen LogP contribution in [0.4, 0.5) is 4.79 Å². The van der Waals surface area contributed by atoms with Gasteiger partial charge in [-0.15, -0.1) is 0 Å². The summed E-state index contributed by atoms with van der Waals surface area (Å²) in [5.74, 6) is 0.886. The summed E-state index contributed by atoms with van der Waals surface area (Å²) in [7, 11) is 0. The van der Waals surface area contributed by atoms with Crippen LogP contribution in [0.2, 0.25) is 0 Å². The number of rotatable bonds is 3. The van der Waals surface area contributed by atoms with Gasteiger partial charge in [0.2, 0.25) is 0 Å². The van der Waals surface area contributed by atoms with Gasteiger partial charge in [0, 0.05) is 0 Å². The highest BCUT2D eigenvalue weighted by Crippen LogP contribution is 2.72. The van der Waals surface area contributed by atoms with Crippen LogP contribution in [0.3, 0.4) is 0 Å². The van der Waals surface area contributed by atoms with Crippen molar-refractivity contribution in [3.63, 3.8) is 0 Å². The van der Waals surface area contributed by atoms with Crippen molar-refractivity contribution in [2.24, 2.45) is 22.2 Å². The van der Waals surface area contributed by atoms with Crippen molar-refractivity contribution in [1.29, 1.82) is 0 Å². The molecule has 4 heteroatoms. The molecule has 6 bridgehead atoms. The van der Waals surface area contributed by atoms with E-state index < -0.39 is 0 Å². The minimum Gasteiger partial charge on any atom is -0.445 e. The number of morpholine rings is 1. The summed E-state index contributed by atoms with van der Waals surface area (Å²) in [6, 6.07) is 10.1. The molecule has 6 aliphatic rings. The molecule has 1 amide bonds. The maximum absolute atomic E-state index is 13.1. The van der Waals surface area contributed by atoms with Crippen molar-refractivity contribution in [3.05, 3.63) is 47.5 Å². The summed E-state index contributed by atoms with van der Waals surface area (Å²) in [6.45, 7) is 6.64. The van der Waals surface area contributed by atoms with Gasteiger partial charge in [-0.3, -0.25) is 4.90 Å². The van der Waals surface area contributed by atoms with Gasteiger partial charge in [0.1, 0.15) is 6.61 Å². The van der Waals surface area contributed by atoms with E-state index in [0.29, 0.717) is 36.1 Å². The third kappa shape index (κ3) is 3.33. The molecule has 166 valence electrons. The summed E-state index contributed by atoms with van der Waals surface area (Å²) in [4.78, 5) is 15.0. The van der Waals surface area contributed by atoms with E-state index in [2.05, 4.69) is 19.9 Å². The minimum absolute atomic E-state index is 0.0133. The van der Waals surface area contributed by atoms with Crippen molar-refractivity contribution in [2.75, 3.05) is 13.2 Å². The molecular weight excluding hydrogens is 386 g/mol. The summed E-state index contributed by atoms with van der Waals surface area (Å²) < 4.78 is 11.6. The molecule has 0 radical (unpaired) electrons. The monoisotopic (exact) mass is 421 g/mol. The van der Waals surface area contributed by atoms with Crippen LogP contribution >= 0.6 is 0 Å². The van der Waals surface area contributed by atoms with Gasteiger partial charge in [0.15, 0.2) is 0 Å². The number of hydrogen-bond donors (Lipinski definition) is 0. The van der Waals surface area contributed by atoms with Gasteiger partial charge in [-0.05, 0) is 72.7 Å². The van der Waals surface area contributed by atoms with E-state index in [1.807, 2.05) is 35.2 Å². The molecule has 4 aliphatic carbocycles. The molecule has 31 heavy (non-hydrogen) atoms. The number of hydrogen-bond acceptors (Lipinski definition) is 3. The molecule has 0 spiro atoms. The standard InChI is InChI=1S/C27H35NO3/c1-25-10-20-11-26(2,16-25)18-27(12-20,17-25)21-8-22-14-30-15-23(9-21)28(22)24(29)31-13-19-6-4-3-5-7-19/h3-8,20,22-23H,9-18H2,1-2H3. The predicted octanol–water partition coefficient (Wildman–Crippen LogP) is 5.72. The van der Waals surface area contributed by atoms with Crippen molar-refractivity contribution in [2.45, 2.75) is 77.5 Å². The number of amides is 1. The number of fused-ring (bicyclic) bond motifs is 2. The largest absolute Gasteiger partial charge is 0.445 e. The second-order valence-electron chi connectivity index (χ2n) is 12.0. The Morgan fingerprint density at radius 1 is 1.06 bits per heavy atom. The number of benzene rings is 1. The maximum atomic E-state index is 13.1. The van der Waals surface area contributed by atoms with Gasteiger partial charge >= 0.3 is 6.09 Å². The van der Waals surface area contributed by atoms with E-state index in [1.165, 1.54) is 38.5 Å². The second-order valence-corrected chi connectivity index (χ2v) is 12.0.